The van der Waals surface area contributed by atoms with Gasteiger partial charge in [-0.15, -0.1) is 0 Å². The Balaban J connectivity index is 2.46. The van der Waals surface area contributed by atoms with Gasteiger partial charge in [-0.1, -0.05) is 11.6 Å². The fourth-order valence-electron chi connectivity index (χ4n) is 2.31. The second kappa shape index (κ2) is 4.90. The van der Waals surface area contributed by atoms with Crippen molar-refractivity contribution < 1.29 is 14.6 Å². The van der Waals surface area contributed by atoms with Crippen LogP contribution in [0.4, 0.5) is 11.4 Å². The summed E-state index contributed by atoms with van der Waals surface area (Å²) in [6.45, 7) is 5.65. The van der Waals surface area contributed by atoms with E-state index in [1.807, 2.05) is 18.7 Å². The molecule has 3 N–H and O–H groups in total. The SMILES string of the molecule is CC1(C)CN(c2c(Cl)cc(N)cc2C(=O)O)CCO1. The molecule has 1 aromatic rings. The lowest BCUT2D eigenvalue weighted by atomic mass is 10.0. The first-order valence-corrected chi connectivity index (χ1v) is 6.39. The van der Waals surface area contributed by atoms with E-state index in [9.17, 15) is 9.90 Å². The molecular weight excluding hydrogens is 268 g/mol. The second-order valence-electron chi connectivity index (χ2n) is 5.23. The summed E-state index contributed by atoms with van der Waals surface area (Å²) in [6.07, 6.45) is 0. The quantitative estimate of drug-likeness (QED) is 0.815. The Hall–Kier alpha value is -1.46. The van der Waals surface area contributed by atoms with Crippen LogP contribution in [0.25, 0.3) is 0 Å². The van der Waals surface area contributed by atoms with Gasteiger partial charge in [-0.25, -0.2) is 4.79 Å². The fraction of sp³-hybridized carbons (Fsp3) is 0.462. The number of ether oxygens (including phenoxy) is 1. The van der Waals surface area contributed by atoms with Crippen molar-refractivity contribution in [2.75, 3.05) is 30.3 Å². The maximum atomic E-state index is 11.4. The van der Waals surface area contributed by atoms with Gasteiger partial charge in [0.2, 0.25) is 0 Å². The van der Waals surface area contributed by atoms with Gasteiger partial charge < -0.3 is 20.5 Å². The Kier molecular flexibility index (Phi) is 3.60. The topological polar surface area (TPSA) is 75.8 Å². The maximum Gasteiger partial charge on any atom is 0.337 e. The van der Waals surface area contributed by atoms with E-state index in [2.05, 4.69) is 0 Å². The van der Waals surface area contributed by atoms with Crippen LogP contribution in [0.15, 0.2) is 12.1 Å². The summed E-state index contributed by atoms with van der Waals surface area (Å²) < 4.78 is 5.62. The van der Waals surface area contributed by atoms with Gasteiger partial charge in [0.25, 0.3) is 0 Å². The molecule has 0 unspecified atom stereocenters. The highest BCUT2D eigenvalue weighted by Gasteiger charge is 2.30. The van der Waals surface area contributed by atoms with Crippen LogP contribution in [0.1, 0.15) is 24.2 Å². The average molecular weight is 285 g/mol. The lowest BCUT2D eigenvalue weighted by Crippen LogP contribution is -2.48. The molecular formula is C13H17ClN2O3. The number of nitrogens with two attached hydrogens (primary N) is 1. The molecule has 1 fully saturated rings. The number of nitrogens with zero attached hydrogens (tertiary/aromatic N) is 1. The molecule has 0 radical (unpaired) electrons. The van der Waals surface area contributed by atoms with Gasteiger partial charge in [0.1, 0.15) is 0 Å². The summed E-state index contributed by atoms with van der Waals surface area (Å²) in [7, 11) is 0. The van der Waals surface area contributed by atoms with Crippen molar-refractivity contribution in [2.45, 2.75) is 19.4 Å². The van der Waals surface area contributed by atoms with Crippen molar-refractivity contribution in [3.8, 4) is 0 Å². The number of morpholine rings is 1. The number of anilines is 2. The highest BCUT2D eigenvalue weighted by atomic mass is 35.5. The van der Waals surface area contributed by atoms with Crippen molar-refractivity contribution >= 4 is 28.9 Å². The van der Waals surface area contributed by atoms with Crippen molar-refractivity contribution in [3.63, 3.8) is 0 Å². The van der Waals surface area contributed by atoms with Crippen molar-refractivity contribution in [2.24, 2.45) is 0 Å². The van der Waals surface area contributed by atoms with E-state index in [0.717, 1.165) is 0 Å². The predicted octanol–water partition coefficient (Wildman–Crippen LogP) is 2.24. The van der Waals surface area contributed by atoms with E-state index >= 15 is 0 Å². The minimum absolute atomic E-state index is 0.128. The van der Waals surface area contributed by atoms with Gasteiger partial charge >= 0.3 is 5.97 Å². The van der Waals surface area contributed by atoms with Crippen LogP contribution in [-0.4, -0.2) is 36.4 Å². The molecule has 0 aromatic heterocycles. The zero-order valence-electron chi connectivity index (χ0n) is 10.9. The molecule has 1 aromatic carbocycles. The Labute approximate surface area is 116 Å². The van der Waals surface area contributed by atoms with Crippen LogP contribution in [0.5, 0.6) is 0 Å². The Morgan fingerprint density at radius 2 is 2.21 bits per heavy atom. The molecule has 1 saturated heterocycles. The molecule has 0 amide bonds. The monoisotopic (exact) mass is 284 g/mol. The fourth-order valence-corrected chi connectivity index (χ4v) is 2.66. The van der Waals surface area contributed by atoms with E-state index in [4.69, 9.17) is 22.1 Å². The molecule has 0 saturated carbocycles. The van der Waals surface area contributed by atoms with E-state index in [0.29, 0.717) is 36.1 Å². The Morgan fingerprint density at radius 1 is 1.53 bits per heavy atom. The van der Waals surface area contributed by atoms with E-state index < -0.39 is 5.97 Å². The minimum atomic E-state index is -1.03. The Bertz CT molecular complexity index is 517. The molecule has 19 heavy (non-hydrogen) atoms. The normalized spacial score (nSPS) is 18.4. The largest absolute Gasteiger partial charge is 0.478 e. The first kappa shape index (κ1) is 14.0. The molecule has 6 heteroatoms. The van der Waals surface area contributed by atoms with Crippen molar-refractivity contribution in [1.82, 2.24) is 0 Å². The summed E-state index contributed by atoms with van der Waals surface area (Å²) in [5.74, 6) is -1.03. The number of hydrogen-bond acceptors (Lipinski definition) is 4. The molecule has 0 atom stereocenters. The predicted molar refractivity (Wildman–Crippen MR) is 75.1 cm³/mol. The maximum absolute atomic E-state index is 11.4. The number of aromatic carboxylic acids is 1. The summed E-state index contributed by atoms with van der Waals surface area (Å²) in [5, 5.41) is 9.66. The third-order valence-corrected chi connectivity index (χ3v) is 3.35. The number of carboxylic acid groups (broad SMARTS) is 1. The standard InChI is InChI=1S/C13H17ClN2O3/c1-13(2)7-16(3-4-19-13)11-9(12(17)18)5-8(15)6-10(11)14/h5-6H,3-4,7,15H2,1-2H3,(H,17,18). The molecule has 0 aliphatic carbocycles. The minimum Gasteiger partial charge on any atom is -0.478 e. The van der Waals surface area contributed by atoms with E-state index in [-0.39, 0.29) is 11.2 Å². The summed E-state index contributed by atoms with van der Waals surface area (Å²) in [4.78, 5) is 13.3. The second-order valence-corrected chi connectivity index (χ2v) is 5.64. The van der Waals surface area contributed by atoms with E-state index in [1.54, 1.807) is 6.07 Å². The number of rotatable bonds is 2. The van der Waals surface area contributed by atoms with Gasteiger partial charge in [0.05, 0.1) is 28.5 Å². The third-order valence-electron chi connectivity index (χ3n) is 3.06. The average Bonchev–Trinajstić information content (AvgIpc) is 2.26. The number of carbonyl (C=O) groups is 1. The van der Waals surface area contributed by atoms with E-state index in [1.165, 1.54) is 6.07 Å². The van der Waals surface area contributed by atoms with Crippen LogP contribution in [0, 0.1) is 0 Å². The van der Waals surface area contributed by atoms with Crippen LogP contribution in [-0.2, 0) is 4.74 Å². The number of benzene rings is 1. The number of nitrogen functional groups attached to an aromatic ring is 1. The molecule has 1 heterocycles. The summed E-state index contributed by atoms with van der Waals surface area (Å²) in [6, 6.07) is 3.01. The molecule has 1 aliphatic rings. The lowest BCUT2D eigenvalue weighted by molar-refractivity contribution is -0.0277. The van der Waals surface area contributed by atoms with Crippen LogP contribution in [0.2, 0.25) is 5.02 Å². The van der Waals surface area contributed by atoms with Crippen LogP contribution in [0.3, 0.4) is 0 Å². The number of carboxylic acids is 1. The van der Waals surface area contributed by atoms with Gasteiger partial charge in [0, 0.05) is 18.8 Å². The van der Waals surface area contributed by atoms with Gasteiger partial charge in [-0.05, 0) is 26.0 Å². The molecule has 2 rings (SSSR count). The highest BCUT2D eigenvalue weighted by Crippen LogP contribution is 2.35. The smallest absolute Gasteiger partial charge is 0.337 e. The molecule has 0 spiro atoms. The van der Waals surface area contributed by atoms with Gasteiger partial charge in [-0.2, -0.15) is 0 Å². The first-order chi connectivity index (χ1) is 8.80. The Morgan fingerprint density at radius 3 is 2.79 bits per heavy atom. The molecule has 0 bridgehead atoms. The summed E-state index contributed by atoms with van der Waals surface area (Å²) >= 11 is 6.18. The zero-order valence-corrected chi connectivity index (χ0v) is 11.7. The van der Waals surface area contributed by atoms with Crippen molar-refractivity contribution in [3.05, 3.63) is 22.7 Å². The van der Waals surface area contributed by atoms with Crippen LogP contribution < -0.4 is 10.6 Å². The zero-order chi connectivity index (χ0) is 14.2. The lowest BCUT2D eigenvalue weighted by Gasteiger charge is -2.40. The molecule has 1 aliphatic heterocycles. The highest BCUT2D eigenvalue weighted by molar-refractivity contribution is 6.34. The van der Waals surface area contributed by atoms with Gasteiger partial charge in [0.15, 0.2) is 0 Å². The number of halogens is 1. The van der Waals surface area contributed by atoms with Crippen LogP contribution >= 0.6 is 11.6 Å². The number of hydrogen-bond donors (Lipinski definition) is 2. The van der Waals surface area contributed by atoms with Crippen molar-refractivity contribution in [1.29, 1.82) is 0 Å². The van der Waals surface area contributed by atoms with Gasteiger partial charge in [-0.3, -0.25) is 0 Å². The third kappa shape index (κ3) is 2.93. The molecule has 104 valence electrons. The first-order valence-electron chi connectivity index (χ1n) is 6.01. The molecule has 5 nitrogen and oxygen atoms in total. The summed E-state index contributed by atoms with van der Waals surface area (Å²) in [5.41, 5.74) is 6.31.